The Morgan fingerprint density at radius 2 is 2.03 bits per heavy atom. The summed E-state index contributed by atoms with van der Waals surface area (Å²) >= 11 is 0. The van der Waals surface area contributed by atoms with Crippen molar-refractivity contribution in [1.29, 1.82) is 0 Å². The number of halogens is 2. The fourth-order valence-corrected chi connectivity index (χ4v) is 3.00. The normalized spacial score (nSPS) is 12.1. The van der Waals surface area contributed by atoms with E-state index in [4.69, 9.17) is 4.74 Å². The molecule has 0 spiro atoms. The molecule has 0 saturated carbocycles. The van der Waals surface area contributed by atoms with Crippen molar-refractivity contribution >= 4 is 11.6 Å². The minimum atomic E-state index is -0.692. The number of hydrogen-bond acceptors (Lipinski definition) is 4. The van der Waals surface area contributed by atoms with Crippen LogP contribution >= 0.6 is 0 Å². The molecule has 29 heavy (non-hydrogen) atoms. The van der Waals surface area contributed by atoms with Gasteiger partial charge in [0, 0.05) is 6.20 Å². The Kier molecular flexibility index (Phi) is 6.77. The molecular weight excluding hydrogens is 380 g/mol. The van der Waals surface area contributed by atoms with Gasteiger partial charge in [-0.2, -0.15) is 0 Å². The Labute approximate surface area is 167 Å². The largest absolute Gasteiger partial charge is 0.485 e. The lowest BCUT2D eigenvalue weighted by Gasteiger charge is -2.15. The summed E-state index contributed by atoms with van der Waals surface area (Å²) in [6, 6.07) is 6.54. The summed E-state index contributed by atoms with van der Waals surface area (Å²) in [6.07, 6.45) is 5.58. The number of imidazole rings is 1. The summed E-state index contributed by atoms with van der Waals surface area (Å²) < 4.78 is 34.7. The number of carbonyl (C=O) groups is 1. The molecular formula is C21H23F2N3O3. The lowest BCUT2D eigenvalue weighted by atomic mass is 10.1. The summed E-state index contributed by atoms with van der Waals surface area (Å²) in [6.45, 7) is 1.58. The predicted molar refractivity (Wildman–Crippen MR) is 104 cm³/mol. The molecule has 0 bridgehead atoms. The highest BCUT2D eigenvalue weighted by Crippen LogP contribution is 2.22. The predicted octanol–water partition coefficient (Wildman–Crippen LogP) is 3.47. The second-order valence-corrected chi connectivity index (χ2v) is 6.69. The molecule has 0 radical (unpaired) electrons. The maximum Gasteiger partial charge on any atom is 0.270 e. The summed E-state index contributed by atoms with van der Waals surface area (Å²) in [7, 11) is 0. The Hall–Kier alpha value is -3.00. The van der Waals surface area contributed by atoms with Crippen molar-refractivity contribution in [2.45, 2.75) is 38.8 Å². The highest BCUT2D eigenvalue weighted by Gasteiger charge is 2.18. The molecule has 0 aliphatic rings. The Morgan fingerprint density at radius 3 is 2.72 bits per heavy atom. The molecule has 3 rings (SSSR count). The summed E-state index contributed by atoms with van der Waals surface area (Å²) in [5.74, 6) is -1.46. The molecule has 2 heterocycles. The zero-order chi connectivity index (χ0) is 20.8. The van der Waals surface area contributed by atoms with Gasteiger partial charge in [0.25, 0.3) is 5.91 Å². The minimum absolute atomic E-state index is 0.148. The number of ether oxygens (including phenoxy) is 1. The number of aliphatic hydroxyl groups excluding tert-OH is 1. The SMILES string of the molecule is CCCCC(CO)NC(=O)c1cnc2c(OCc3c(F)cccc3F)cccn12. The quantitative estimate of drug-likeness (QED) is 0.574. The van der Waals surface area contributed by atoms with Crippen LogP contribution in [0, 0.1) is 11.6 Å². The molecule has 0 aliphatic carbocycles. The van der Waals surface area contributed by atoms with Gasteiger partial charge in [0.2, 0.25) is 0 Å². The number of aromatic nitrogens is 2. The van der Waals surface area contributed by atoms with Crippen LogP contribution < -0.4 is 10.1 Å². The molecule has 6 nitrogen and oxygen atoms in total. The van der Waals surface area contributed by atoms with E-state index in [1.165, 1.54) is 16.7 Å². The third-order valence-corrected chi connectivity index (χ3v) is 4.63. The highest BCUT2D eigenvalue weighted by atomic mass is 19.1. The van der Waals surface area contributed by atoms with E-state index in [0.29, 0.717) is 17.8 Å². The maximum atomic E-state index is 13.8. The minimum Gasteiger partial charge on any atom is -0.485 e. The van der Waals surface area contributed by atoms with Gasteiger partial charge in [-0.3, -0.25) is 9.20 Å². The number of benzene rings is 1. The molecule has 154 valence electrons. The highest BCUT2D eigenvalue weighted by molar-refractivity contribution is 5.93. The molecule has 0 fully saturated rings. The number of pyridine rings is 1. The smallest absolute Gasteiger partial charge is 0.270 e. The topological polar surface area (TPSA) is 75.9 Å². The van der Waals surface area contributed by atoms with Crippen LogP contribution in [0.1, 0.15) is 42.2 Å². The van der Waals surface area contributed by atoms with E-state index in [9.17, 15) is 18.7 Å². The van der Waals surface area contributed by atoms with Crippen LogP contribution in [0.4, 0.5) is 8.78 Å². The molecule has 1 atom stereocenters. The number of fused-ring (bicyclic) bond motifs is 1. The summed E-state index contributed by atoms with van der Waals surface area (Å²) in [5.41, 5.74) is 0.446. The number of nitrogens with one attached hydrogen (secondary N) is 1. The maximum absolute atomic E-state index is 13.8. The van der Waals surface area contributed by atoms with Crippen LogP contribution in [0.3, 0.4) is 0 Å². The number of nitrogens with zero attached hydrogens (tertiary/aromatic N) is 2. The van der Waals surface area contributed by atoms with Gasteiger partial charge < -0.3 is 15.2 Å². The van der Waals surface area contributed by atoms with Crippen LogP contribution in [-0.4, -0.2) is 33.0 Å². The molecule has 1 amide bonds. The van der Waals surface area contributed by atoms with Gasteiger partial charge in [0.1, 0.15) is 23.9 Å². The van der Waals surface area contributed by atoms with Crippen LogP contribution in [0.2, 0.25) is 0 Å². The number of amides is 1. The fourth-order valence-electron chi connectivity index (χ4n) is 3.00. The number of hydrogen-bond donors (Lipinski definition) is 2. The first-order valence-corrected chi connectivity index (χ1v) is 9.48. The zero-order valence-corrected chi connectivity index (χ0v) is 16.1. The van der Waals surface area contributed by atoms with Gasteiger partial charge >= 0.3 is 0 Å². The first kappa shape index (κ1) is 20.7. The Bertz CT molecular complexity index is 970. The molecule has 0 saturated heterocycles. The number of unbranched alkanes of at least 4 members (excludes halogenated alkanes) is 1. The Morgan fingerprint density at radius 1 is 1.28 bits per heavy atom. The van der Waals surface area contributed by atoms with Crippen molar-refractivity contribution in [3.63, 3.8) is 0 Å². The van der Waals surface area contributed by atoms with E-state index in [1.807, 2.05) is 6.92 Å². The van der Waals surface area contributed by atoms with E-state index in [1.54, 1.807) is 18.3 Å². The lowest BCUT2D eigenvalue weighted by molar-refractivity contribution is 0.0906. The molecule has 2 aromatic heterocycles. The monoisotopic (exact) mass is 403 g/mol. The van der Waals surface area contributed by atoms with E-state index in [-0.39, 0.29) is 36.4 Å². The second kappa shape index (κ2) is 9.47. The Balaban J connectivity index is 1.79. The van der Waals surface area contributed by atoms with Gasteiger partial charge in [-0.15, -0.1) is 0 Å². The molecule has 8 heteroatoms. The van der Waals surface area contributed by atoms with E-state index in [2.05, 4.69) is 10.3 Å². The molecule has 0 aliphatic heterocycles. The van der Waals surface area contributed by atoms with Crippen molar-refractivity contribution in [1.82, 2.24) is 14.7 Å². The van der Waals surface area contributed by atoms with Crippen molar-refractivity contribution in [2.24, 2.45) is 0 Å². The van der Waals surface area contributed by atoms with Crippen LogP contribution in [0.5, 0.6) is 5.75 Å². The summed E-state index contributed by atoms with van der Waals surface area (Å²) in [4.78, 5) is 16.8. The van der Waals surface area contributed by atoms with E-state index in [0.717, 1.165) is 25.0 Å². The van der Waals surface area contributed by atoms with E-state index < -0.39 is 11.6 Å². The van der Waals surface area contributed by atoms with Crippen LogP contribution in [0.15, 0.2) is 42.7 Å². The van der Waals surface area contributed by atoms with Crippen molar-refractivity contribution in [3.05, 3.63) is 65.6 Å². The third-order valence-electron chi connectivity index (χ3n) is 4.63. The molecule has 3 aromatic rings. The van der Waals surface area contributed by atoms with Gasteiger partial charge in [-0.25, -0.2) is 13.8 Å². The molecule has 1 unspecified atom stereocenters. The van der Waals surface area contributed by atoms with Crippen molar-refractivity contribution in [2.75, 3.05) is 6.61 Å². The average molecular weight is 403 g/mol. The average Bonchev–Trinajstić information content (AvgIpc) is 3.15. The van der Waals surface area contributed by atoms with Crippen molar-refractivity contribution in [3.8, 4) is 5.75 Å². The number of carbonyl (C=O) groups excluding carboxylic acids is 1. The standard InChI is InChI=1S/C21H23F2N3O3/c1-2-3-6-14(12-27)25-21(28)18-11-24-20-19(9-5-10-26(18)20)29-13-15-16(22)7-4-8-17(15)23/h4-5,7-11,14,27H,2-3,6,12-13H2,1H3,(H,25,28). The van der Waals surface area contributed by atoms with Crippen molar-refractivity contribution < 1.29 is 23.4 Å². The number of rotatable bonds is 9. The lowest BCUT2D eigenvalue weighted by Crippen LogP contribution is -2.38. The third kappa shape index (κ3) is 4.71. The van der Waals surface area contributed by atoms with Gasteiger partial charge in [0.05, 0.1) is 24.4 Å². The van der Waals surface area contributed by atoms with Crippen LogP contribution in [-0.2, 0) is 6.61 Å². The zero-order valence-electron chi connectivity index (χ0n) is 16.1. The fraction of sp³-hybridized carbons (Fsp3) is 0.333. The van der Waals surface area contributed by atoms with E-state index >= 15 is 0 Å². The van der Waals surface area contributed by atoms with Gasteiger partial charge in [-0.05, 0) is 30.7 Å². The van der Waals surface area contributed by atoms with Crippen LogP contribution in [0.25, 0.3) is 5.65 Å². The molecule has 2 N–H and O–H groups in total. The molecule has 1 aromatic carbocycles. The summed E-state index contributed by atoms with van der Waals surface area (Å²) in [5, 5.41) is 12.3. The second-order valence-electron chi connectivity index (χ2n) is 6.69. The number of aliphatic hydroxyl groups is 1. The first-order valence-electron chi connectivity index (χ1n) is 9.48. The van der Waals surface area contributed by atoms with Gasteiger partial charge in [-0.1, -0.05) is 25.8 Å². The van der Waals surface area contributed by atoms with Gasteiger partial charge in [0.15, 0.2) is 11.4 Å². The first-order chi connectivity index (χ1) is 14.0.